The molecule has 2 aromatic rings. The van der Waals surface area contributed by atoms with Crippen molar-refractivity contribution in [2.24, 2.45) is 4.52 Å². The van der Waals surface area contributed by atoms with E-state index >= 15 is 0 Å². The van der Waals surface area contributed by atoms with Gasteiger partial charge < -0.3 is 10.1 Å². The second kappa shape index (κ2) is 7.13. The molecule has 0 heterocycles. The summed E-state index contributed by atoms with van der Waals surface area (Å²) in [6, 6.07) is 20.5. The van der Waals surface area contributed by atoms with Crippen molar-refractivity contribution in [3.8, 4) is 0 Å². The molecule has 2 rings (SSSR count). The van der Waals surface area contributed by atoms with Gasteiger partial charge in [-0.2, -0.15) is 0 Å². The average Bonchev–Trinajstić information content (AvgIpc) is 2.38. The van der Waals surface area contributed by atoms with Gasteiger partial charge in [0.25, 0.3) is 0 Å². The molecule has 0 radical (unpaired) electrons. The lowest BCUT2D eigenvalue weighted by Gasteiger charge is -2.21. The lowest BCUT2D eigenvalue weighted by atomic mass is 10.3. The van der Waals surface area contributed by atoms with Crippen molar-refractivity contribution in [2.75, 3.05) is 4.67 Å². The molecule has 0 fully saturated rings. The van der Waals surface area contributed by atoms with Crippen LogP contribution in [-0.2, 0) is 0 Å². The lowest BCUT2D eigenvalue weighted by Crippen LogP contribution is -2.02. The molecule has 1 atom stereocenters. The smallest absolute Gasteiger partial charge is 0.110 e. The Bertz CT molecular complexity index is 411. The van der Waals surface area contributed by atoms with Gasteiger partial charge in [-0.05, 0) is 33.3 Å². The molecular weight excluding hydrogens is 250 g/mol. The summed E-state index contributed by atoms with van der Waals surface area (Å²) in [5.41, 5.74) is 2.29. The molecule has 5 heteroatoms. The Hall–Kier alpha value is -1.27. The minimum absolute atomic E-state index is 0. The monoisotopic (exact) mass is 264 g/mol. The van der Waals surface area contributed by atoms with Crippen LogP contribution in [-0.4, -0.2) is 5.48 Å². The summed E-state index contributed by atoms with van der Waals surface area (Å²) < 4.78 is 6.21. The third kappa shape index (κ3) is 3.61. The molecule has 0 amide bonds. The van der Waals surface area contributed by atoms with Gasteiger partial charge in [0, 0.05) is 11.4 Å². The summed E-state index contributed by atoms with van der Waals surface area (Å²) in [6.45, 7) is 0. The summed E-state index contributed by atoms with van der Waals surface area (Å²) in [4.78, 5) is 0. The maximum absolute atomic E-state index is 4.05. The molecule has 0 saturated carbocycles. The zero-order valence-corrected chi connectivity index (χ0v) is 11.2. The van der Waals surface area contributed by atoms with Gasteiger partial charge in [-0.25, -0.2) is 4.52 Å². The predicted molar refractivity (Wildman–Crippen MR) is 77.7 cm³/mol. The van der Waals surface area contributed by atoms with E-state index in [1.807, 2.05) is 36.4 Å². The molecule has 1 unspecified atom stereocenters. The van der Waals surface area contributed by atoms with E-state index < -0.39 is 0 Å². The second-order valence-corrected chi connectivity index (χ2v) is 4.76. The first-order valence-corrected chi connectivity index (χ1v) is 6.28. The summed E-state index contributed by atoms with van der Waals surface area (Å²) in [5.74, 6) is 0. The third-order valence-corrected chi connectivity index (χ3v) is 3.30. The Morgan fingerprint density at radius 2 is 1.24 bits per heavy atom. The van der Waals surface area contributed by atoms with Crippen molar-refractivity contribution in [1.29, 1.82) is 0 Å². The number of anilines is 2. The molecule has 88 valence electrons. The van der Waals surface area contributed by atoms with Crippen molar-refractivity contribution in [1.82, 2.24) is 0 Å². The van der Waals surface area contributed by atoms with Crippen molar-refractivity contribution < 1.29 is 5.48 Å². The summed E-state index contributed by atoms with van der Waals surface area (Å²) >= 11 is 0. The zero-order chi connectivity index (χ0) is 11.2. The minimum atomic E-state index is 0. The molecule has 3 nitrogen and oxygen atoms in total. The van der Waals surface area contributed by atoms with Gasteiger partial charge >= 0.3 is 0 Å². The van der Waals surface area contributed by atoms with E-state index in [2.05, 4.69) is 42.5 Å². The largest absolute Gasteiger partial charge is 0.412 e. The Balaban J connectivity index is 0.00000144. The van der Waals surface area contributed by atoms with Crippen LogP contribution in [0.3, 0.4) is 0 Å². The number of hydrogen-bond acceptors (Lipinski definition) is 2. The van der Waals surface area contributed by atoms with Gasteiger partial charge in [0.2, 0.25) is 0 Å². The van der Waals surface area contributed by atoms with Crippen molar-refractivity contribution >= 4 is 29.3 Å². The number of nitrogens with zero attached hydrogens (tertiary/aromatic N) is 2. The van der Waals surface area contributed by atoms with E-state index in [-0.39, 0.29) is 5.48 Å². The summed E-state index contributed by atoms with van der Waals surface area (Å²) in [7, 11) is 3.52. The van der Waals surface area contributed by atoms with Crippen LogP contribution in [0, 0.1) is 0 Å². The van der Waals surface area contributed by atoms with E-state index in [9.17, 15) is 0 Å². The van der Waals surface area contributed by atoms with Gasteiger partial charge in [-0.15, -0.1) is 0 Å². The Labute approximate surface area is 105 Å². The topological polar surface area (TPSA) is 47.1 Å². The van der Waals surface area contributed by atoms with Crippen LogP contribution in [0.15, 0.2) is 65.2 Å². The lowest BCUT2D eigenvalue weighted by molar-refractivity contribution is 0.824. The standard InChI is InChI=1S/C12H12N2P2.H2O/c15-13-16-14(11-7-3-1-4-8-11)12-9-5-2-6-10-12;/h1-10,15-16H;1H2. The molecule has 17 heavy (non-hydrogen) atoms. The number of benzene rings is 2. The van der Waals surface area contributed by atoms with Crippen LogP contribution in [0.4, 0.5) is 11.4 Å². The van der Waals surface area contributed by atoms with E-state index in [1.54, 1.807) is 0 Å². The van der Waals surface area contributed by atoms with Crippen LogP contribution >= 0.6 is 17.9 Å². The Morgan fingerprint density at radius 1 is 0.824 bits per heavy atom. The number of para-hydroxylation sites is 2. The zero-order valence-electron chi connectivity index (χ0n) is 9.17. The Morgan fingerprint density at radius 3 is 1.59 bits per heavy atom. The molecule has 0 aliphatic carbocycles. The minimum Gasteiger partial charge on any atom is -0.412 e. The van der Waals surface area contributed by atoms with Crippen molar-refractivity contribution in [3.05, 3.63) is 60.7 Å². The molecule has 0 saturated heterocycles. The quantitative estimate of drug-likeness (QED) is 0.774. The first kappa shape index (κ1) is 13.8. The fraction of sp³-hybridized carbons (Fsp3) is 0. The van der Waals surface area contributed by atoms with E-state index in [1.165, 1.54) is 0 Å². The fourth-order valence-corrected chi connectivity index (χ4v) is 2.40. The summed E-state index contributed by atoms with van der Waals surface area (Å²) in [6.07, 6.45) is 0. The molecular formula is C12H14N2OP2. The molecule has 0 spiro atoms. The van der Waals surface area contributed by atoms with Crippen molar-refractivity contribution in [3.63, 3.8) is 0 Å². The van der Waals surface area contributed by atoms with Crippen LogP contribution in [0.5, 0.6) is 0 Å². The van der Waals surface area contributed by atoms with Gasteiger partial charge in [0.1, 0.15) is 8.88 Å². The number of hydrogen-bond donors (Lipinski definition) is 0. The van der Waals surface area contributed by atoms with Crippen molar-refractivity contribution in [2.45, 2.75) is 0 Å². The summed E-state index contributed by atoms with van der Waals surface area (Å²) in [5, 5.41) is 0. The highest BCUT2D eigenvalue weighted by Gasteiger charge is 2.06. The molecule has 0 aliphatic heterocycles. The second-order valence-electron chi connectivity index (χ2n) is 3.22. The fourth-order valence-electron chi connectivity index (χ4n) is 1.47. The SMILES string of the molecule is O.P=NPN(c1ccccc1)c1ccccc1. The number of rotatable bonds is 4. The van der Waals surface area contributed by atoms with Gasteiger partial charge in [0.15, 0.2) is 0 Å². The molecule has 2 aromatic carbocycles. The van der Waals surface area contributed by atoms with Crippen LogP contribution in [0.1, 0.15) is 0 Å². The third-order valence-electron chi connectivity index (χ3n) is 2.18. The molecule has 0 aliphatic rings. The predicted octanol–water partition coefficient (Wildman–Crippen LogP) is 3.83. The normalized spacial score (nSPS) is 9.88. The maximum Gasteiger partial charge on any atom is 0.110 e. The highest BCUT2D eigenvalue weighted by Crippen LogP contribution is 2.36. The molecule has 2 N–H and O–H groups in total. The molecule has 0 bridgehead atoms. The average molecular weight is 264 g/mol. The first-order valence-electron chi connectivity index (χ1n) is 4.94. The van der Waals surface area contributed by atoms with Crippen LogP contribution < -0.4 is 4.67 Å². The highest BCUT2D eigenvalue weighted by molar-refractivity contribution is 7.43. The molecule has 0 aromatic heterocycles. The van der Waals surface area contributed by atoms with Crippen LogP contribution in [0.25, 0.3) is 0 Å². The van der Waals surface area contributed by atoms with Gasteiger partial charge in [0.05, 0.1) is 0 Å². The maximum atomic E-state index is 4.05. The van der Waals surface area contributed by atoms with Gasteiger partial charge in [-0.1, -0.05) is 36.4 Å². The van der Waals surface area contributed by atoms with Gasteiger partial charge in [-0.3, -0.25) is 0 Å². The van der Waals surface area contributed by atoms with E-state index in [0.29, 0.717) is 8.88 Å². The highest BCUT2D eigenvalue weighted by atomic mass is 31.1. The van der Waals surface area contributed by atoms with E-state index in [4.69, 9.17) is 0 Å². The Kier molecular flexibility index (Phi) is 5.79. The first-order chi connectivity index (χ1) is 7.92. The van der Waals surface area contributed by atoms with E-state index in [0.717, 1.165) is 11.4 Å². The van der Waals surface area contributed by atoms with Crippen LogP contribution in [0.2, 0.25) is 0 Å².